The topological polar surface area (TPSA) is 59.4 Å². The van der Waals surface area contributed by atoms with Gasteiger partial charge in [0.05, 0.1) is 19.7 Å². The molecular weight excluding hydrogens is 311 g/mol. The lowest BCUT2D eigenvalue weighted by molar-refractivity contribution is -0.0158. The van der Waals surface area contributed by atoms with Crippen molar-refractivity contribution in [2.75, 3.05) is 19.7 Å². The highest BCUT2D eigenvalue weighted by atomic mass is 19.1. The normalized spacial score (nSPS) is 19.1. The highest BCUT2D eigenvalue weighted by Gasteiger charge is 2.26. The van der Waals surface area contributed by atoms with E-state index in [9.17, 15) is 9.18 Å². The fraction of sp³-hybridized carbons (Fsp3) is 0.412. The highest BCUT2D eigenvalue weighted by Crippen LogP contribution is 2.22. The number of halogens is 1. The minimum atomic E-state index is -0.281. The molecule has 1 aromatic heterocycles. The van der Waals surface area contributed by atoms with E-state index >= 15 is 0 Å². The number of carbonyl (C=O) groups is 1. The zero-order chi connectivity index (χ0) is 16.9. The number of rotatable bonds is 4. The van der Waals surface area contributed by atoms with E-state index in [0.29, 0.717) is 26.2 Å². The third-order valence-electron chi connectivity index (χ3n) is 3.99. The number of hydrogen-bond acceptors (Lipinski definition) is 3. The zero-order valence-electron chi connectivity index (χ0n) is 13.6. The van der Waals surface area contributed by atoms with Crippen LogP contribution in [0.5, 0.6) is 0 Å². The molecule has 1 aliphatic heterocycles. The first-order valence-electron chi connectivity index (χ1n) is 8.02. The Morgan fingerprint density at radius 3 is 2.96 bits per heavy atom. The van der Waals surface area contributed by atoms with Crippen LogP contribution in [0.25, 0.3) is 0 Å². The summed E-state index contributed by atoms with van der Waals surface area (Å²) >= 11 is 0. The standard InChI is InChI=1S/C17H21FN4O2/c1-13(11-22-8-2-7-19-22)20-17(23)21-9-10-24-16(12-21)14-3-5-15(18)6-4-14/h2-8,13,16H,9-12H2,1H3,(H,20,23)/t13-,16+/m0/s1. The summed E-state index contributed by atoms with van der Waals surface area (Å²) in [4.78, 5) is 14.2. The molecule has 0 bridgehead atoms. The molecule has 0 unspecified atom stereocenters. The van der Waals surface area contributed by atoms with Crippen molar-refractivity contribution >= 4 is 6.03 Å². The molecule has 2 heterocycles. The van der Waals surface area contributed by atoms with Gasteiger partial charge in [-0.15, -0.1) is 0 Å². The lowest BCUT2D eigenvalue weighted by atomic mass is 10.1. The Kier molecular flexibility index (Phi) is 5.10. The molecule has 1 fully saturated rings. The third kappa shape index (κ3) is 4.11. The van der Waals surface area contributed by atoms with E-state index in [1.807, 2.05) is 19.2 Å². The van der Waals surface area contributed by atoms with Crippen LogP contribution in [0.3, 0.4) is 0 Å². The summed E-state index contributed by atoms with van der Waals surface area (Å²) < 4.78 is 20.5. The highest BCUT2D eigenvalue weighted by molar-refractivity contribution is 5.74. The fourth-order valence-corrected chi connectivity index (χ4v) is 2.75. The zero-order valence-corrected chi connectivity index (χ0v) is 13.6. The van der Waals surface area contributed by atoms with Gasteiger partial charge < -0.3 is 15.0 Å². The minimum Gasteiger partial charge on any atom is -0.370 e. The molecule has 1 saturated heterocycles. The molecule has 0 spiro atoms. The van der Waals surface area contributed by atoms with E-state index in [2.05, 4.69) is 10.4 Å². The summed E-state index contributed by atoms with van der Waals surface area (Å²) in [5.41, 5.74) is 0.874. The average molecular weight is 332 g/mol. The van der Waals surface area contributed by atoms with Crippen LogP contribution < -0.4 is 5.32 Å². The maximum Gasteiger partial charge on any atom is 0.317 e. The second-order valence-electron chi connectivity index (χ2n) is 5.94. The molecule has 2 amide bonds. The predicted octanol–water partition coefficient (Wildman–Crippen LogP) is 2.19. The third-order valence-corrected chi connectivity index (χ3v) is 3.99. The first-order valence-corrected chi connectivity index (χ1v) is 8.02. The van der Waals surface area contributed by atoms with Gasteiger partial charge in [0.15, 0.2) is 0 Å². The molecular formula is C17H21FN4O2. The first kappa shape index (κ1) is 16.4. The van der Waals surface area contributed by atoms with Gasteiger partial charge in [0.2, 0.25) is 0 Å². The molecule has 6 nitrogen and oxygen atoms in total. The molecule has 3 rings (SSSR count). The number of hydrogen-bond donors (Lipinski definition) is 1. The SMILES string of the molecule is C[C@@H](Cn1cccn1)NC(=O)N1CCO[C@@H](c2ccc(F)cc2)C1. The average Bonchev–Trinajstić information content (AvgIpc) is 3.08. The van der Waals surface area contributed by atoms with Crippen molar-refractivity contribution in [2.45, 2.75) is 25.6 Å². The Bertz CT molecular complexity index is 660. The summed E-state index contributed by atoms with van der Waals surface area (Å²) in [5.74, 6) is -0.281. The van der Waals surface area contributed by atoms with E-state index in [1.165, 1.54) is 12.1 Å². The lowest BCUT2D eigenvalue weighted by Gasteiger charge is -2.34. The summed E-state index contributed by atoms with van der Waals surface area (Å²) in [6, 6.07) is 7.90. The van der Waals surface area contributed by atoms with Crippen molar-refractivity contribution in [3.63, 3.8) is 0 Å². The molecule has 1 N–H and O–H groups in total. The van der Waals surface area contributed by atoms with Crippen molar-refractivity contribution in [1.29, 1.82) is 0 Å². The van der Waals surface area contributed by atoms with Gasteiger partial charge in [-0.25, -0.2) is 9.18 Å². The van der Waals surface area contributed by atoms with Crippen LogP contribution in [0.2, 0.25) is 0 Å². The van der Waals surface area contributed by atoms with Crippen LogP contribution >= 0.6 is 0 Å². The van der Waals surface area contributed by atoms with Crippen molar-refractivity contribution in [1.82, 2.24) is 20.0 Å². The molecule has 0 radical (unpaired) electrons. The number of morpholine rings is 1. The molecule has 128 valence electrons. The van der Waals surface area contributed by atoms with Gasteiger partial charge >= 0.3 is 6.03 Å². The van der Waals surface area contributed by atoms with Gasteiger partial charge in [-0.05, 0) is 30.7 Å². The summed E-state index contributed by atoms with van der Waals surface area (Å²) in [6.45, 7) is 4.01. The van der Waals surface area contributed by atoms with E-state index in [-0.39, 0.29) is 24.0 Å². The molecule has 0 saturated carbocycles. The number of urea groups is 1. The second kappa shape index (κ2) is 7.44. The summed E-state index contributed by atoms with van der Waals surface area (Å²) in [5, 5.41) is 7.12. The number of nitrogens with zero attached hydrogens (tertiary/aromatic N) is 3. The van der Waals surface area contributed by atoms with E-state index in [0.717, 1.165) is 5.56 Å². The predicted molar refractivity (Wildman–Crippen MR) is 86.9 cm³/mol. The molecule has 24 heavy (non-hydrogen) atoms. The summed E-state index contributed by atoms with van der Waals surface area (Å²) in [7, 11) is 0. The number of nitrogens with one attached hydrogen (secondary N) is 1. The minimum absolute atomic E-state index is 0.0375. The quantitative estimate of drug-likeness (QED) is 0.934. The van der Waals surface area contributed by atoms with Gasteiger partial charge in [-0.2, -0.15) is 5.10 Å². The molecule has 1 aliphatic rings. The maximum atomic E-state index is 13.0. The van der Waals surface area contributed by atoms with Gasteiger partial charge in [0, 0.05) is 25.0 Å². The van der Waals surface area contributed by atoms with Crippen LogP contribution in [-0.2, 0) is 11.3 Å². The Labute approximate surface area is 140 Å². The van der Waals surface area contributed by atoms with Gasteiger partial charge in [0.1, 0.15) is 11.9 Å². The lowest BCUT2D eigenvalue weighted by Crippen LogP contribution is -2.50. The Morgan fingerprint density at radius 1 is 1.46 bits per heavy atom. The molecule has 0 aliphatic carbocycles. The van der Waals surface area contributed by atoms with Crippen molar-refractivity contribution < 1.29 is 13.9 Å². The molecule has 2 aromatic rings. The van der Waals surface area contributed by atoms with E-state index in [4.69, 9.17) is 4.74 Å². The second-order valence-corrected chi connectivity index (χ2v) is 5.94. The Balaban J connectivity index is 1.55. The van der Waals surface area contributed by atoms with Gasteiger partial charge in [0.25, 0.3) is 0 Å². The fourth-order valence-electron chi connectivity index (χ4n) is 2.75. The monoisotopic (exact) mass is 332 g/mol. The maximum absolute atomic E-state index is 13.0. The number of carbonyl (C=O) groups excluding carboxylic acids is 1. The van der Waals surface area contributed by atoms with Crippen LogP contribution in [0.4, 0.5) is 9.18 Å². The Morgan fingerprint density at radius 2 is 2.25 bits per heavy atom. The number of ether oxygens (including phenoxy) is 1. The van der Waals surface area contributed by atoms with Crippen molar-refractivity contribution in [3.05, 3.63) is 54.1 Å². The number of benzene rings is 1. The van der Waals surface area contributed by atoms with E-state index < -0.39 is 0 Å². The molecule has 1 aromatic carbocycles. The van der Waals surface area contributed by atoms with Crippen LogP contribution in [0.15, 0.2) is 42.7 Å². The van der Waals surface area contributed by atoms with Crippen LogP contribution in [0, 0.1) is 5.82 Å². The first-order chi connectivity index (χ1) is 11.6. The smallest absolute Gasteiger partial charge is 0.317 e. The van der Waals surface area contributed by atoms with Crippen LogP contribution in [0.1, 0.15) is 18.6 Å². The van der Waals surface area contributed by atoms with Crippen molar-refractivity contribution in [3.8, 4) is 0 Å². The molecule has 7 heteroatoms. The van der Waals surface area contributed by atoms with Gasteiger partial charge in [-0.3, -0.25) is 4.68 Å². The van der Waals surface area contributed by atoms with Crippen LogP contribution in [-0.4, -0.2) is 46.4 Å². The Hall–Kier alpha value is -2.41. The number of amides is 2. The van der Waals surface area contributed by atoms with Gasteiger partial charge in [-0.1, -0.05) is 12.1 Å². The number of aromatic nitrogens is 2. The van der Waals surface area contributed by atoms with Crippen molar-refractivity contribution in [2.24, 2.45) is 0 Å². The largest absolute Gasteiger partial charge is 0.370 e. The van der Waals surface area contributed by atoms with E-state index in [1.54, 1.807) is 27.9 Å². The molecule has 2 atom stereocenters. The summed E-state index contributed by atoms with van der Waals surface area (Å²) in [6.07, 6.45) is 3.35.